The summed E-state index contributed by atoms with van der Waals surface area (Å²) in [6.45, 7) is 4.12. The monoisotopic (exact) mass is 394 g/mol. The lowest BCUT2D eigenvalue weighted by molar-refractivity contribution is -0.126. The van der Waals surface area contributed by atoms with Gasteiger partial charge in [0.05, 0.1) is 30.7 Å². The molecule has 2 N–H and O–H groups in total. The summed E-state index contributed by atoms with van der Waals surface area (Å²) in [4.78, 5) is 28.4. The Bertz CT molecular complexity index is 871. The Morgan fingerprint density at radius 3 is 2.52 bits per heavy atom. The molecule has 2 aromatic rings. The van der Waals surface area contributed by atoms with Crippen molar-refractivity contribution in [1.82, 2.24) is 10.3 Å². The number of ether oxygens (including phenoxy) is 1. The van der Waals surface area contributed by atoms with Crippen LogP contribution in [0.15, 0.2) is 54.6 Å². The second-order valence-electron chi connectivity index (χ2n) is 7.45. The molecule has 0 bridgehead atoms. The molecule has 152 valence electrons. The molecule has 2 amide bonds. The predicted molar refractivity (Wildman–Crippen MR) is 112 cm³/mol. The van der Waals surface area contributed by atoms with Gasteiger partial charge in [-0.05, 0) is 42.9 Å². The van der Waals surface area contributed by atoms with Gasteiger partial charge in [0.15, 0.2) is 0 Å². The summed E-state index contributed by atoms with van der Waals surface area (Å²) in [6, 6.07) is 16.5. The first-order valence-corrected chi connectivity index (χ1v) is 9.93. The molecule has 2 aliphatic rings. The van der Waals surface area contributed by atoms with Gasteiger partial charge in [-0.3, -0.25) is 9.59 Å². The van der Waals surface area contributed by atoms with Crippen molar-refractivity contribution < 1.29 is 14.3 Å². The minimum atomic E-state index is -0.339. The maximum atomic E-state index is 13.1. The first-order chi connectivity index (χ1) is 14.1. The molecule has 0 aromatic heterocycles. The number of amides is 2. The highest BCUT2D eigenvalue weighted by molar-refractivity contribution is 6.00. The van der Waals surface area contributed by atoms with Crippen molar-refractivity contribution in [3.05, 3.63) is 54.6 Å². The lowest BCUT2D eigenvalue weighted by Gasteiger charge is -2.37. The smallest absolute Gasteiger partial charge is 0.247 e. The van der Waals surface area contributed by atoms with E-state index in [0.29, 0.717) is 18.8 Å². The van der Waals surface area contributed by atoms with E-state index in [2.05, 4.69) is 22.6 Å². The summed E-state index contributed by atoms with van der Waals surface area (Å²) in [5.74, 6) is 0.0727. The largest absolute Gasteiger partial charge is 0.497 e. The zero-order valence-corrected chi connectivity index (χ0v) is 16.7. The average molecular weight is 394 g/mol. The summed E-state index contributed by atoms with van der Waals surface area (Å²) in [5, 5.41) is 4.60. The molecule has 2 fully saturated rings. The lowest BCUT2D eigenvalue weighted by Crippen LogP contribution is -2.55. The number of carbonyl (C=O) groups is 2. The molecule has 29 heavy (non-hydrogen) atoms. The Hall–Kier alpha value is -2.90. The first kappa shape index (κ1) is 19.4. The van der Waals surface area contributed by atoms with Crippen LogP contribution in [0.4, 0.5) is 11.4 Å². The van der Waals surface area contributed by atoms with Crippen LogP contribution in [0.3, 0.4) is 0 Å². The highest BCUT2D eigenvalue weighted by Gasteiger charge is 2.50. The third-order valence-corrected chi connectivity index (χ3v) is 5.75. The van der Waals surface area contributed by atoms with Crippen molar-refractivity contribution in [3.63, 3.8) is 0 Å². The van der Waals surface area contributed by atoms with Gasteiger partial charge in [0.25, 0.3) is 0 Å². The van der Waals surface area contributed by atoms with E-state index in [1.807, 2.05) is 54.6 Å². The number of likely N-dealkylation sites (tertiary alicyclic amines) is 1. The van der Waals surface area contributed by atoms with Crippen molar-refractivity contribution in [2.75, 3.05) is 37.1 Å². The number of hydrogen-bond donors (Lipinski definition) is 2. The second-order valence-corrected chi connectivity index (χ2v) is 7.45. The van der Waals surface area contributed by atoms with Crippen LogP contribution in [0.2, 0.25) is 0 Å². The number of piperidine rings is 1. The van der Waals surface area contributed by atoms with Crippen LogP contribution in [0, 0.1) is 11.8 Å². The summed E-state index contributed by atoms with van der Waals surface area (Å²) in [7, 11) is 1.61. The van der Waals surface area contributed by atoms with E-state index in [1.54, 1.807) is 12.1 Å². The summed E-state index contributed by atoms with van der Waals surface area (Å²) in [5.41, 5.74) is 4.82. The molecule has 2 heterocycles. The highest BCUT2D eigenvalue weighted by atomic mass is 16.5. The number of para-hydroxylation sites is 1. The first-order valence-electron chi connectivity index (χ1n) is 9.93. The van der Waals surface area contributed by atoms with E-state index in [4.69, 9.17) is 4.74 Å². The molecule has 3 atom stereocenters. The lowest BCUT2D eigenvalue weighted by atomic mass is 9.84. The van der Waals surface area contributed by atoms with E-state index in [0.717, 1.165) is 18.0 Å². The van der Waals surface area contributed by atoms with Crippen LogP contribution in [-0.2, 0) is 9.59 Å². The van der Waals surface area contributed by atoms with Gasteiger partial charge in [0.2, 0.25) is 11.8 Å². The molecule has 0 spiro atoms. The number of carbonyl (C=O) groups excluding carboxylic acids is 2. The molecular formula is C22H26N4O3. The van der Waals surface area contributed by atoms with Gasteiger partial charge >= 0.3 is 0 Å². The van der Waals surface area contributed by atoms with E-state index in [-0.39, 0.29) is 29.7 Å². The number of hydrogen-bond acceptors (Lipinski definition) is 5. The molecule has 0 radical (unpaired) electrons. The van der Waals surface area contributed by atoms with E-state index in [1.165, 1.54) is 0 Å². The summed E-state index contributed by atoms with van der Waals surface area (Å²) < 4.78 is 5.17. The van der Waals surface area contributed by atoms with E-state index in [9.17, 15) is 9.59 Å². The molecule has 3 unspecified atom stereocenters. The molecule has 4 rings (SSSR count). The highest BCUT2D eigenvalue weighted by Crippen LogP contribution is 2.32. The third kappa shape index (κ3) is 3.83. The molecule has 2 aromatic carbocycles. The Morgan fingerprint density at radius 1 is 1.14 bits per heavy atom. The number of hydrazine groups is 1. The van der Waals surface area contributed by atoms with Crippen LogP contribution >= 0.6 is 0 Å². The zero-order chi connectivity index (χ0) is 20.4. The van der Waals surface area contributed by atoms with Crippen molar-refractivity contribution in [3.8, 4) is 5.75 Å². The van der Waals surface area contributed by atoms with Crippen LogP contribution in [0.25, 0.3) is 0 Å². The molecular weight excluding hydrogens is 368 g/mol. The van der Waals surface area contributed by atoms with Gasteiger partial charge in [0.1, 0.15) is 5.75 Å². The third-order valence-electron chi connectivity index (χ3n) is 5.75. The minimum Gasteiger partial charge on any atom is -0.497 e. The number of methoxy groups -OCH3 is 1. The normalized spacial score (nSPS) is 24.3. The quantitative estimate of drug-likeness (QED) is 0.813. The van der Waals surface area contributed by atoms with Crippen molar-refractivity contribution in [2.24, 2.45) is 11.8 Å². The molecule has 7 nitrogen and oxygen atoms in total. The number of benzene rings is 2. The maximum Gasteiger partial charge on any atom is 0.247 e. The van der Waals surface area contributed by atoms with Crippen LogP contribution in [0.5, 0.6) is 5.75 Å². The number of anilines is 2. The van der Waals surface area contributed by atoms with Crippen LogP contribution in [0.1, 0.15) is 6.92 Å². The maximum absolute atomic E-state index is 13.1. The minimum absolute atomic E-state index is 0.0154. The van der Waals surface area contributed by atoms with Crippen LogP contribution in [-0.4, -0.2) is 49.5 Å². The van der Waals surface area contributed by atoms with Crippen LogP contribution < -0.4 is 20.5 Å². The number of fused-ring (bicyclic) bond motifs is 1. The average Bonchev–Trinajstić information content (AvgIpc) is 3.10. The molecule has 2 aliphatic heterocycles. The van der Waals surface area contributed by atoms with Gasteiger partial charge in [-0.2, -0.15) is 0 Å². The van der Waals surface area contributed by atoms with Gasteiger partial charge in [0, 0.05) is 18.8 Å². The summed E-state index contributed by atoms with van der Waals surface area (Å²) in [6.07, 6.45) is 0. The molecule has 7 heteroatoms. The SMILES string of the molecule is CCN1CC(C(=O)Nc2ccc(OC)cc2)C2NN(c3ccccc3)C(=O)C2C1. The van der Waals surface area contributed by atoms with Gasteiger partial charge in [-0.1, -0.05) is 25.1 Å². The summed E-state index contributed by atoms with van der Waals surface area (Å²) >= 11 is 0. The Labute approximate surface area is 170 Å². The number of rotatable bonds is 5. The number of nitrogens with one attached hydrogen (secondary N) is 2. The Kier molecular flexibility index (Phi) is 5.51. The molecule has 0 aliphatic carbocycles. The predicted octanol–water partition coefficient (Wildman–Crippen LogP) is 2.12. The fraction of sp³-hybridized carbons (Fsp3) is 0.364. The van der Waals surface area contributed by atoms with Crippen molar-refractivity contribution in [1.29, 1.82) is 0 Å². The fourth-order valence-electron chi connectivity index (χ4n) is 4.12. The van der Waals surface area contributed by atoms with Crippen molar-refractivity contribution in [2.45, 2.75) is 13.0 Å². The topological polar surface area (TPSA) is 73.9 Å². The molecule has 0 saturated carbocycles. The van der Waals surface area contributed by atoms with Gasteiger partial charge in [-0.25, -0.2) is 10.4 Å². The van der Waals surface area contributed by atoms with E-state index < -0.39 is 0 Å². The molecule has 2 saturated heterocycles. The second kappa shape index (κ2) is 8.23. The van der Waals surface area contributed by atoms with Gasteiger partial charge < -0.3 is 15.0 Å². The Morgan fingerprint density at radius 2 is 1.86 bits per heavy atom. The standard InChI is InChI=1S/C22H26N4O3/c1-3-25-13-18(21(27)23-15-9-11-17(29-2)12-10-15)20-19(14-25)22(28)26(24-20)16-7-5-4-6-8-16/h4-12,18-20,24H,3,13-14H2,1-2H3,(H,23,27). The van der Waals surface area contributed by atoms with E-state index >= 15 is 0 Å². The van der Waals surface area contributed by atoms with Crippen molar-refractivity contribution >= 4 is 23.2 Å². The van der Waals surface area contributed by atoms with Gasteiger partial charge in [-0.15, -0.1) is 0 Å². The number of nitrogens with zero attached hydrogens (tertiary/aromatic N) is 2. The fourth-order valence-corrected chi connectivity index (χ4v) is 4.12. The zero-order valence-electron chi connectivity index (χ0n) is 16.7. The Balaban J connectivity index is 1.55.